The largest absolute Gasteiger partial charge is 0.351 e. The molecule has 4 heteroatoms. The lowest BCUT2D eigenvalue weighted by Crippen LogP contribution is -2.37. The summed E-state index contributed by atoms with van der Waals surface area (Å²) < 4.78 is 26.6. The second-order valence-electron chi connectivity index (χ2n) is 5.55. The highest BCUT2D eigenvalue weighted by atomic mass is 19.1. The first-order valence-electron chi connectivity index (χ1n) is 6.69. The van der Waals surface area contributed by atoms with E-state index in [2.05, 4.69) is 5.32 Å². The number of hydrogen-bond donors (Lipinski definition) is 1. The quantitative estimate of drug-likeness (QED) is 0.914. The van der Waals surface area contributed by atoms with Gasteiger partial charge in [0.1, 0.15) is 11.6 Å². The van der Waals surface area contributed by atoms with Gasteiger partial charge < -0.3 is 5.32 Å². The molecular formula is C17H17F2NO. The molecule has 2 rings (SSSR count). The van der Waals surface area contributed by atoms with Crippen LogP contribution in [0.4, 0.5) is 8.78 Å². The maximum absolute atomic E-state index is 13.8. The van der Waals surface area contributed by atoms with Crippen LogP contribution in [0.15, 0.2) is 48.5 Å². The third kappa shape index (κ3) is 3.66. The van der Waals surface area contributed by atoms with E-state index in [9.17, 15) is 13.6 Å². The fourth-order valence-electron chi connectivity index (χ4n) is 2.11. The topological polar surface area (TPSA) is 29.1 Å². The van der Waals surface area contributed by atoms with E-state index in [1.54, 1.807) is 18.2 Å². The van der Waals surface area contributed by atoms with Crippen LogP contribution in [0.3, 0.4) is 0 Å². The van der Waals surface area contributed by atoms with E-state index in [0.717, 1.165) is 0 Å². The van der Waals surface area contributed by atoms with Gasteiger partial charge in [0.25, 0.3) is 5.91 Å². The van der Waals surface area contributed by atoms with Gasteiger partial charge in [-0.25, -0.2) is 8.78 Å². The monoisotopic (exact) mass is 289 g/mol. The number of carbonyl (C=O) groups is 1. The molecule has 0 spiro atoms. The molecule has 1 amide bonds. The van der Waals surface area contributed by atoms with E-state index in [4.69, 9.17) is 0 Å². The lowest BCUT2D eigenvalue weighted by Gasteiger charge is -2.26. The van der Waals surface area contributed by atoms with E-state index in [-0.39, 0.29) is 18.3 Å². The normalized spacial score (nSPS) is 11.2. The van der Waals surface area contributed by atoms with Crippen molar-refractivity contribution < 1.29 is 13.6 Å². The fraction of sp³-hybridized carbons (Fsp3) is 0.235. The lowest BCUT2D eigenvalue weighted by molar-refractivity contribution is 0.0945. The summed E-state index contributed by atoms with van der Waals surface area (Å²) in [6.45, 7) is 4.00. The summed E-state index contributed by atoms with van der Waals surface area (Å²) in [5.74, 6) is -0.990. The number of carbonyl (C=O) groups excluding carboxylic acids is 1. The molecule has 0 radical (unpaired) electrons. The number of benzene rings is 2. The average Bonchev–Trinajstić information content (AvgIpc) is 2.46. The third-order valence-corrected chi connectivity index (χ3v) is 3.40. The molecule has 0 saturated carbocycles. The Morgan fingerprint density at radius 3 is 2.29 bits per heavy atom. The number of hydrogen-bond acceptors (Lipinski definition) is 1. The van der Waals surface area contributed by atoms with Crippen LogP contribution in [0.5, 0.6) is 0 Å². The van der Waals surface area contributed by atoms with Gasteiger partial charge in [0.15, 0.2) is 0 Å². The second-order valence-corrected chi connectivity index (χ2v) is 5.55. The van der Waals surface area contributed by atoms with Gasteiger partial charge in [0.05, 0.1) is 0 Å². The minimum atomic E-state index is -0.541. The highest BCUT2D eigenvalue weighted by Crippen LogP contribution is 2.24. The van der Waals surface area contributed by atoms with Crippen molar-refractivity contribution in [2.75, 3.05) is 6.54 Å². The van der Waals surface area contributed by atoms with E-state index >= 15 is 0 Å². The van der Waals surface area contributed by atoms with Crippen LogP contribution in [0.2, 0.25) is 0 Å². The molecule has 0 bridgehead atoms. The van der Waals surface area contributed by atoms with Gasteiger partial charge in [-0.1, -0.05) is 32.0 Å². The molecule has 2 aromatic rings. The zero-order valence-electron chi connectivity index (χ0n) is 12.0. The Bertz CT molecular complexity index is 635. The predicted molar refractivity (Wildman–Crippen MR) is 78.2 cm³/mol. The number of halogens is 2. The smallest absolute Gasteiger partial charge is 0.251 e. The Hall–Kier alpha value is -2.23. The van der Waals surface area contributed by atoms with Crippen molar-refractivity contribution in [3.63, 3.8) is 0 Å². The first-order chi connectivity index (χ1) is 9.90. The Morgan fingerprint density at radius 2 is 1.67 bits per heavy atom. The summed E-state index contributed by atoms with van der Waals surface area (Å²) in [6.07, 6.45) is 0. The van der Waals surface area contributed by atoms with E-state index < -0.39 is 11.2 Å². The highest BCUT2D eigenvalue weighted by Gasteiger charge is 2.24. The SMILES string of the molecule is CC(C)(CNC(=O)c1ccc(F)cc1)c1ccccc1F. The number of rotatable bonds is 4. The van der Waals surface area contributed by atoms with Crippen LogP contribution in [-0.2, 0) is 5.41 Å². The van der Waals surface area contributed by atoms with Crippen molar-refractivity contribution in [2.24, 2.45) is 0 Å². The Labute approximate surface area is 122 Å². The van der Waals surface area contributed by atoms with Crippen molar-refractivity contribution in [1.82, 2.24) is 5.32 Å². The van der Waals surface area contributed by atoms with Crippen LogP contribution in [-0.4, -0.2) is 12.5 Å². The molecule has 1 N–H and O–H groups in total. The maximum Gasteiger partial charge on any atom is 0.251 e. The molecule has 0 unspecified atom stereocenters. The molecule has 2 aromatic carbocycles. The standard InChI is InChI=1S/C17H17F2NO/c1-17(2,14-5-3-4-6-15(14)19)11-20-16(21)12-7-9-13(18)10-8-12/h3-10H,11H2,1-2H3,(H,20,21). The second kappa shape index (κ2) is 6.04. The van der Waals surface area contributed by atoms with Gasteiger partial charge in [-0.3, -0.25) is 4.79 Å². The minimum Gasteiger partial charge on any atom is -0.351 e. The zero-order valence-corrected chi connectivity index (χ0v) is 12.0. The van der Waals surface area contributed by atoms with Gasteiger partial charge in [-0.2, -0.15) is 0 Å². The first-order valence-corrected chi connectivity index (χ1v) is 6.69. The predicted octanol–water partition coefficient (Wildman–Crippen LogP) is 3.67. The van der Waals surface area contributed by atoms with Crippen molar-refractivity contribution in [3.05, 3.63) is 71.3 Å². The van der Waals surface area contributed by atoms with Crippen molar-refractivity contribution >= 4 is 5.91 Å². The summed E-state index contributed by atoms with van der Waals surface area (Å²) in [6, 6.07) is 11.8. The Kier molecular flexibility index (Phi) is 4.36. The highest BCUT2D eigenvalue weighted by molar-refractivity contribution is 5.94. The molecule has 0 fully saturated rings. The summed E-state index contributed by atoms with van der Waals surface area (Å²) in [4.78, 5) is 12.0. The number of nitrogens with one attached hydrogen (secondary N) is 1. The Balaban J connectivity index is 2.06. The van der Waals surface area contributed by atoms with Gasteiger partial charge in [-0.15, -0.1) is 0 Å². The first kappa shape index (κ1) is 15.2. The van der Waals surface area contributed by atoms with Crippen LogP contribution >= 0.6 is 0 Å². The van der Waals surface area contributed by atoms with Crippen LogP contribution < -0.4 is 5.32 Å². The van der Waals surface area contributed by atoms with Gasteiger partial charge in [0.2, 0.25) is 0 Å². The summed E-state index contributed by atoms with van der Waals surface area (Å²) in [7, 11) is 0. The minimum absolute atomic E-state index is 0.282. The van der Waals surface area contributed by atoms with E-state index in [1.807, 2.05) is 13.8 Å². The fourth-order valence-corrected chi connectivity index (χ4v) is 2.11. The van der Waals surface area contributed by atoms with Crippen molar-refractivity contribution in [2.45, 2.75) is 19.3 Å². The molecule has 110 valence electrons. The van der Waals surface area contributed by atoms with Crippen LogP contribution in [0.25, 0.3) is 0 Å². The van der Waals surface area contributed by atoms with Gasteiger partial charge in [-0.05, 0) is 35.9 Å². The molecule has 0 heterocycles. The van der Waals surface area contributed by atoms with Crippen molar-refractivity contribution in [1.29, 1.82) is 0 Å². The summed E-state index contributed by atoms with van der Waals surface area (Å²) >= 11 is 0. The average molecular weight is 289 g/mol. The summed E-state index contributed by atoms with van der Waals surface area (Å²) in [5.41, 5.74) is 0.381. The molecule has 21 heavy (non-hydrogen) atoms. The molecule has 0 aliphatic rings. The number of amides is 1. The molecular weight excluding hydrogens is 272 g/mol. The molecule has 0 aliphatic heterocycles. The maximum atomic E-state index is 13.8. The zero-order chi connectivity index (χ0) is 15.5. The molecule has 0 saturated heterocycles. The van der Waals surface area contributed by atoms with Gasteiger partial charge >= 0.3 is 0 Å². The van der Waals surface area contributed by atoms with Crippen LogP contribution in [0.1, 0.15) is 29.8 Å². The molecule has 0 aromatic heterocycles. The van der Waals surface area contributed by atoms with Crippen molar-refractivity contribution in [3.8, 4) is 0 Å². The van der Waals surface area contributed by atoms with Gasteiger partial charge in [0, 0.05) is 17.5 Å². The third-order valence-electron chi connectivity index (χ3n) is 3.40. The van der Waals surface area contributed by atoms with E-state index in [1.165, 1.54) is 30.3 Å². The summed E-state index contributed by atoms with van der Waals surface area (Å²) in [5, 5.41) is 2.76. The Morgan fingerprint density at radius 1 is 1.05 bits per heavy atom. The molecule has 2 nitrogen and oxygen atoms in total. The molecule has 0 atom stereocenters. The van der Waals surface area contributed by atoms with E-state index in [0.29, 0.717) is 11.1 Å². The molecule has 0 aliphatic carbocycles. The van der Waals surface area contributed by atoms with Crippen LogP contribution in [0, 0.1) is 11.6 Å². The lowest BCUT2D eigenvalue weighted by atomic mass is 9.84.